The van der Waals surface area contributed by atoms with Crippen LogP contribution < -0.4 is 10.2 Å². The van der Waals surface area contributed by atoms with Crippen molar-refractivity contribution in [3.05, 3.63) is 58.2 Å². The second-order valence-electron chi connectivity index (χ2n) is 7.24. The fraction of sp³-hybridized carbons (Fsp3) is 0.300. The maximum atomic E-state index is 14.0. The first-order valence-corrected chi connectivity index (χ1v) is 11.7. The molecule has 0 saturated carbocycles. The third-order valence-electron chi connectivity index (χ3n) is 5.27. The molecule has 2 aromatic carbocycles. The smallest absolute Gasteiger partial charge is 0.368 e. The van der Waals surface area contributed by atoms with Gasteiger partial charge in [0.15, 0.2) is 0 Å². The molecule has 1 N–H and O–H groups in total. The van der Waals surface area contributed by atoms with Crippen LogP contribution in [0.5, 0.6) is 0 Å². The van der Waals surface area contributed by atoms with E-state index in [0.29, 0.717) is 46.4 Å². The zero-order chi connectivity index (χ0) is 23.3. The Hall–Kier alpha value is -2.18. The Morgan fingerprint density at radius 2 is 1.72 bits per heavy atom. The van der Waals surface area contributed by atoms with E-state index in [-0.39, 0.29) is 10.9 Å². The van der Waals surface area contributed by atoms with Crippen LogP contribution in [0.25, 0.3) is 10.9 Å². The molecule has 1 fully saturated rings. The summed E-state index contributed by atoms with van der Waals surface area (Å²) in [5.41, 5.74) is -1.66. The Kier molecular flexibility index (Phi) is 5.97. The van der Waals surface area contributed by atoms with Crippen molar-refractivity contribution in [2.24, 2.45) is 0 Å². The van der Waals surface area contributed by atoms with Gasteiger partial charge in [0.1, 0.15) is 4.90 Å². The van der Waals surface area contributed by atoms with Crippen molar-refractivity contribution in [2.45, 2.75) is 17.5 Å². The Morgan fingerprint density at radius 3 is 2.34 bits per heavy atom. The van der Waals surface area contributed by atoms with Crippen LogP contribution in [0.1, 0.15) is 17.6 Å². The van der Waals surface area contributed by atoms with Crippen LogP contribution in [-0.4, -0.2) is 38.6 Å². The van der Waals surface area contributed by atoms with E-state index in [1.807, 2.05) is 4.90 Å². The first-order chi connectivity index (χ1) is 15.0. The van der Waals surface area contributed by atoms with E-state index in [0.717, 1.165) is 24.4 Å². The van der Waals surface area contributed by atoms with Crippen LogP contribution in [0.2, 0.25) is 0 Å². The van der Waals surface area contributed by atoms with Gasteiger partial charge in [-0.05, 0) is 24.3 Å². The molecule has 0 radical (unpaired) electrons. The molecule has 0 aliphatic carbocycles. The molecule has 32 heavy (non-hydrogen) atoms. The Labute approximate surface area is 189 Å². The van der Waals surface area contributed by atoms with Gasteiger partial charge in [-0.25, -0.2) is 21.2 Å². The lowest BCUT2D eigenvalue weighted by Crippen LogP contribution is -2.43. The number of rotatable bonds is 4. The fourth-order valence-corrected chi connectivity index (χ4v) is 5.87. The lowest BCUT2D eigenvalue weighted by atomic mass is 10.1. The summed E-state index contributed by atoms with van der Waals surface area (Å²) < 4.78 is 96.1. The number of alkyl halides is 5. The molecule has 0 amide bonds. The monoisotopic (exact) mass is 537 g/mol. The number of halogens is 6. The zero-order valence-corrected chi connectivity index (χ0v) is 18.7. The van der Waals surface area contributed by atoms with Gasteiger partial charge >= 0.3 is 6.18 Å². The summed E-state index contributed by atoms with van der Waals surface area (Å²) in [6.45, 7) is 2.22. The number of nitrogens with zero attached hydrogens (tertiary/aromatic N) is 2. The Bertz CT molecular complexity index is 1270. The molecule has 0 bridgehead atoms. The van der Waals surface area contributed by atoms with Gasteiger partial charge in [0.05, 0.1) is 11.1 Å². The first-order valence-electron chi connectivity index (χ1n) is 9.52. The molecule has 1 aliphatic heterocycles. The molecule has 12 heteroatoms. The first kappa shape index (κ1) is 23.0. The normalized spacial score (nSPS) is 15.7. The third-order valence-corrected chi connectivity index (χ3v) is 7.46. The van der Waals surface area contributed by atoms with E-state index in [1.54, 1.807) is 6.07 Å². The lowest BCUT2D eigenvalue weighted by molar-refractivity contribution is -0.139. The van der Waals surface area contributed by atoms with Crippen LogP contribution >= 0.6 is 15.9 Å². The molecule has 1 aromatic heterocycles. The minimum atomic E-state index is -4.94. The van der Waals surface area contributed by atoms with Crippen LogP contribution in [0.4, 0.5) is 27.6 Å². The van der Waals surface area contributed by atoms with Gasteiger partial charge in [-0.1, -0.05) is 28.1 Å². The second-order valence-corrected chi connectivity index (χ2v) is 9.94. The molecule has 4 rings (SSSR count). The number of fused-ring (bicyclic) bond motifs is 1. The van der Waals surface area contributed by atoms with Crippen LogP contribution in [0, 0.1) is 0 Å². The predicted molar refractivity (Wildman–Crippen MR) is 114 cm³/mol. The highest BCUT2D eigenvalue weighted by atomic mass is 79.9. The molecule has 1 saturated heterocycles. The van der Waals surface area contributed by atoms with Crippen LogP contribution in [-0.2, 0) is 16.2 Å². The Balaban J connectivity index is 2.02. The summed E-state index contributed by atoms with van der Waals surface area (Å²) >= 11 is 3.28. The molecule has 1 aliphatic rings. The van der Waals surface area contributed by atoms with Gasteiger partial charge < -0.3 is 10.2 Å². The molecular formula is C20H17BrF5N3O2S. The third kappa shape index (κ3) is 3.99. The molecule has 3 aromatic rings. The van der Waals surface area contributed by atoms with Crippen LogP contribution in [0.15, 0.2) is 52.0 Å². The number of anilines is 1. The number of hydrogen-bond donors (Lipinski definition) is 1. The van der Waals surface area contributed by atoms with Gasteiger partial charge in [0.25, 0.3) is 16.4 Å². The molecule has 172 valence electrons. The fourth-order valence-electron chi connectivity index (χ4n) is 3.86. The summed E-state index contributed by atoms with van der Waals surface area (Å²) in [7, 11) is -4.84. The number of aromatic nitrogens is 1. The van der Waals surface area contributed by atoms with Crippen molar-refractivity contribution < 1.29 is 30.4 Å². The average Bonchev–Trinajstić information content (AvgIpc) is 3.13. The summed E-state index contributed by atoms with van der Waals surface area (Å²) in [5, 5.41) is 3.14. The standard InChI is InChI=1S/C20H17BrF5N3O2S/c21-12-9-15(28-7-5-27-6-8-28)18-13(19(22)23)11-29(16(18)10-12)32(30,31)17-4-2-1-3-14(17)20(24,25)26/h1-4,9-11,19,27H,5-8H2. The quantitative estimate of drug-likeness (QED) is 0.475. The molecule has 5 nitrogen and oxygen atoms in total. The average molecular weight is 538 g/mol. The molecular weight excluding hydrogens is 521 g/mol. The van der Waals surface area contributed by atoms with E-state index < -0.39 is 38.6 Å². The molecule has 0 atom stereocenters. The van der Waals surface area contributed by atoms with Gasteiger partial charge in [0.2, 0.25) is 0 Å². The van der Waals surface area contributed by atoms with Crippen molar-refractivity contribution >= 4 is 42.5 Å². The summed E-state index contributed by atoms with van der Waals surface area (Å²) in [6, 6.07) is 6.62. The number of nitrogens with one attached hydrogen (secondary N) is 1. The van der Waals surface area contributed by atoms with Gasteiger partial charge in [-0.3, -0.25) is 0 Å². The van der Waals surface area contributed by atoms with E-state index in [9.17, 15) is 30.4 Å². The van der Waals surface area contributed by atoms with Gasteiger partial charge in [-0.2, -0.15) is 13.2 Å². The second kappa shape index (κ2) is 8.31. The maximum Gasteiger partial charge on any atom is 0.417 e. The predicted octanol–water partition coefficient (Wildman–Crippen LogP) is 5.01. The minimum Gasteiger partial charge on any atom is -0.368 e. The largest absolute Gasteiger partial charge is 0.417 e. The van der Waals surface area contributed by atoms with Crippen molar-refractivity contribution in [1.82, 2.24) is 9.29 Å². The SMILES string of the molecule is O=S(=O)(c1ccccc1C(F)(F)F)n1cc(C(F)F)c2c(N3CCNCC3)cc(Br)cc21. The van der Waals surface area contributed by atoms with Crippen molar-refractivity contribution in [3.63, 3.8) is 0 Å². The minimum absolute atomic E-state index is 0.00170. The summed E-state index contributed by atoms with van der Waals surface area (Å²) in [5.74, 6) is 0. The lowest BCUT2D eigenvalue weighted by Gasteiger charge is -2.30. The topological polar surface area (TPSA) is 54.3 Å². The van der Waals surface area contributed by atoms with E-state index >= 15 is 0 Å². The molecule has 2 heterocycles. The van der Waals surface area contributed by atoms with E-state index in [2.05, 4.69) is 21.2 Å². The van der Waals surface area contributed by atoms with Crippen molar-refractivity contribution in [2.75, 3.05) is 31.1 Å². The molecule has 0 spiro atoms. The highest BCUT2D eigenvalue weighted by Crippen LogP contribution is 2.41. The summed E-state index contributed by atoms with van der Waals surface area (Å²) in [6.07, 6.45) is -7.25. The van der Waals surface area contributed by atoms with Crippen LogP contribution in [0.3, 0.4) is 0 Å². The van der Waals surface area contributed by atoms with E-state index in [4.69, 9.17) is 0 Å². The number of hydrogen-bond acceptors (Lipinski definition) is 4. The number of benzene rings is 2. The van der Waals surface area contributed by atoms with Crippen molar-refractivity contribution in [1.29, 1.82) is 0 Å². The zero-order valence-electron chi connectivity index (χ0n) is 16.3. The van der Waals surface area contributed by atoms with Crippen molar-refractivity contribution in [3.8, 4) is 0 Å². The maximum absolute atomic E-state index is 14.0. The van der Waals surface area contributed by atoms with E-state index in [1.165, 1.54) is 6.07 Å². The Morgan fingerprint density at radius 1 is 1.06 bits per heavy atom. The number of piperazine rings is 1. The van der Waals surface area contributed by atoms with Gasteiger partial charge in [-0.15, -0.1) is 0 Å². The van der Waals surface area contributed by atoms with Gasteiger partial charge in [0, 0.05) is 53.5 Å². The summed E-state index contributed by atoms with van der Waals surface area (Å²) in [4.78, 5) is 0.838. The molecule has 0 unspecified atom stereocenters. The highest BCUT2D eigenvalue weighted by Gasteiger charge is 2.38. The highest BCUT2D eigenvalue weighted by molar-refractivity contribution is 9.10.